The number of rotatable bonds is 3. The van der Waals surface area contributed by atoms with Crippen molar-refractivity contribution in [2.45, 2.75) is 12.5 Å². The van der Waals surface area contributed by atoms with Gasteiger partial charge in [0.2, 0.25) is 0 Å². The summed E-state index contributed by atoms with van der Waals surface area (Å²) in [7, 11) is 0. The molecular weight excluding hydrogens is 242 g/mol. The Labute approximate surface area is 110 Å². The number of carboxylic acids is 1. The number of benzene rings is 1. The van der Waals surface area contributed by atoms with Gasteiger partial charge in [0.1, 0.15) is 0 Å². The van der Waals surface area contributed by atoms with E-state index in [0.717, 1.165) is 11.3 Å². The van der Waals surface area contributed by atoms with Crippen LogP contribution < -0.4 is 5.32 Å². The first-order chi connectivity index (χ1) is 9.24. The lowest BCUT2D eigenvalue weighted by Crippen LogP contribution is -2.17. The van der Waals surface area contributed by atoms with Gasteiger partial charge in [0.05, 0.1) is 11.6 Å². The number of hydrogen-bond donors (Lipinski definition) is 2. The maximum absolute atomic E-state index is 11.0. The third-order valence-electron chi connectivity index (χ3n) is 3.52. The van der Waals surface area contributed by atoms with Crippen molar-refractivity contribution in [2.24, 2.45) is 5.92 Å². The summed E-state index contributed by atoms with van der Waals surface area (Å²) in [5.74, 6) is -1.02. The Kier molecular flexibility index (Phi) is 3.05. The smallest absolute Gasteiger partial charge is 0.307 e. The molecule has 5 nitrogen and oxygen atoms in total. The number of carboxylic acid groups (broad SMARTS) is 1. The second kappa shape index (κ2) is 4.85. The number of hydrogen-bond acceptors (Lipinski definition) is 3. The summed E-state index contributed by atoms with van der Waals surface area (Å²) in [5, 5.41) is 16.5. The van der Waals surface area contributed by atoms with Gasteiger partial charge in [0, 0.05) is 25.0 Å². The molecule has 2 unspecified atom stereocenters. The Morgan fingerprint density at radius 2 is 2.32 bits per heavy atom. The Morgan fingerprint density at radius 1 is 1.42 bits per heavy atom. The lowest BCUT2D eigenvalue weighted by atomic mass is 10.00. The van der Waals surface area contributed by atoms with Gasteiger partial charge in [0.15, 0.2) is 0 Å². The first kappa shape index (κ1) is 11.9. The van der Waals surface area contributed by atoms with E-state index < -0.39 is 5.97 Å². The fraction of sp³-hybridized carbons (Fsp3) is 0.286. The van der Waals surface area contributed by atoms with Crippen molar-refractivity contribution in [1.29, 1.82) is 0 Å². The molecule has 98 valence electrons. The van der Waals surface area contributed by atoms with Crippen molar-refractivity contribution < 1.29 is 9.90 Å². The number of nitrogens with one attached hydrogen (secondary N) is 1. The van der Waals surface area contributed by atoms with Gasteiger partial charge in [-0.3, -0.25) is 4.79 Å². The Balaban J connectivity index is 1.83. The van der Waals surface area contributed by atoms with Crippen LogP contribution in [0.2, 0.25) is 0 Å². The Bertz CT molecular complexity index is 580. The first-order valence-corrected chi connectivity index (χ1v) is 6.30. The summed E-state index contributed by atoms with van der Waals surface area (Å²) < 4.78 is 1.80. The highest BCUT2D eigenvalue weighted by atomic mass is 16.4. The average Bonchev–Trinajstić information content (AvgIpc) is 3.10. The van der Waals surface area contributed by atoms with Gasteiger partial charge in [-0.25, -0.2) is 4.68 Å². The van der Waals surface area contributed by atoms with E-state index in [9.17, 15) is 4.79 Å². The molecule has 0 spiro atoms. The number of nitrogens with zero attached hydrogens (tertiary/aromatic N) is 2. The van der Waals surface area contributed by atoms with Gasteiger partial charge in [-0.1, -0.05) is 12.1 Å². The SMILES string of the molecule is O=C(O)C1CNC(c2cccc(-n3cccn3)c2)C1. The molecule has 0 saturated carbocycles. The number of aromatic nitrogens is 2. The zero-order valence-corrected chi connectivity index (χ0v) is 10.4. The molecular formula is C14H15N3O2. The van der Waals surface area contributed by atoms with Crippen molar-refractivity contribution in [3.05, 3.63) is 48.3 Å². The normalized spacial score (nSPS) is 22.5. The van der Waals surface area contributed by atoms with E-state index in [2.05, 4.69) is 16.5 Å². The standard InChI is InChI=1S/C14H15N3O2/c18-14(19)11-8-13(15-9-11)10-3-1-4-12(7-10)17-6-2-5-16-17/h1-7,11,13,15H,8-9H2,(H,18,19). The molecule has 2 aromatic rings. The minimum Gasteiger partial charge on any atom is -0.481 e. The molecule has 2 heterocycles. The minimum atomic E-state index is -0.724. The summed E-state index contributed by atoms with van der Waals surface area (Å²) in [6.07, 6.45) is 4.26. The maximum Gasteiger partial charge on any atom is 0.307 e. The van der Waals surface area contributed by atoms with Crippen LogP contribution in [0.3, 0.4) is 0 Å². The van der Waals surface area contributed by atoms with Crippen molar-refractivity contribution in [3.63, 3.8) is 0 Å². The third kappa shape index (κ3) is 2.37. The minimum absolute atomic E-state index is 0.108. The van der Waals surface area contributed by atoms with Gasteiger partial charge < -0.3 is 10.4 Å². The maximum atomic E-state index is 11.0. The number of aliphatic carboxylic acids is 1. The molecule has 1 aromatic carbocycles. The fourth-order valence-electron chi connectivity index (χ4n) is 2.48. The van der Waals surface area contributed by atoms with Crippen LogP contribution in [0.5, 0.6) is 0 Å². The van der Waals surface area contributed by atoms with Crippen LogP contribution in [0.15, 0.2) is 42.7 Å². The molecule has 2 atom stereocenters. The zero-order valence-electron chi connectivity index (χ0n) is 10.4. The molecule has 0 radical (unpaired) electrons. The predicted molar refractivity (Wildman–Crippen MR) is 70.1 cm³/mol. The van der Waals surface area contributed by atoms with E-state index in [1.807, 2.05) is 30.5 Å². The number of carbonyl (C=O) groups is 1. The quantitative estimate of drug-likeness (QED) is 0.876. The van der Waals surface area contributed by atoms with Crippen molar-refractivity contribution in [2.75, 3.05) is 6.54 Å². The van der Waals surface area contributed by atoms with E-state index in [4.69, 9.17) is 5.11 Å². The van der Waals surface area contributed by atoms with E-state index in [-0.39, 0.29) is 12.0 Å². The topological polar surface area (TPSA) is 67.2 Å². The molecule has 1 fully saturated rings. The van der Waals surface area contributed by atoms with Gasteiger partial charge in [-0.15, -0.1) is 0 Å². The van der Waals surface area contributed by atoms with Crippen molar-refractivity contribution in [1.82, 2.24) is 15.1 Å². The monoisotopic (exact) mass is 257 g/mol. The summed E-state index contributed by atoms with van der Waals surface area (Å²) in [5.41, 5.74) is 2.10. The van der Waals surface area contributed by atoms with Gasteiger partial charge in [-0.05, 0) is 30.2 Å². The van der Waals surface area contributed by atoms with E-state index in [1.165, 1.54) is 0 Å². The van der Waals surface area contributed by atoms with Crippen LogP contribution in [0.4, 0.5) is 0 Å². The highest BCUT2D eigenvalue weighted by molar-refractivity contribution is 5.70. The van der Waals surface area contributed by atoms with Gasteiger partial charge in [-0.2, -0.15) is 5.10 Å². The lowest BCUT2D eigenvalue weighted by molar-refractivity contribution is -0.141. The van der Waals surface area contributed by atoms with Gasteiger partial charge >= 0.3 is 5.97 Å². The van der Waals surface area contributed by atoms with E-state index in [0.29, 0.717) is 13.0 Å². The molecule has 1 saturated heterocycles. The average molecular weight is 257 g/mol. The molecule has 0 aliphatic carbocycles. The summed E-state index contributed by atoms with van der Waals surface area (Å²) in [6, 6.07) is 10.0. The van der Waals surface area contributed by atoms with Crippen LogP contribution in [-0.2, 0) is 4.79 Å². The van der Waals surface area contributed by atoms with Crippen molar-refractivity contribution in [3.8, 4) is 5.69 Å². The highest BCUT2D eigenvalue weighted by Crippen LogP contribution is 2.28. The van der Waals surface area contributed by atoms with E-state index >= 15 is 0 Å². The van der Waals surface area contributed by atoms with Crippen LogP contribution in [-0.4, -0.2) is 27.4 Å². The van der Waals surface area contributed by atoms with Crippen molar-refractivity contribution >= 4 is 5.97 Å². The predicted octanol–water partition coefficient (Wildman–Crippen LogP) is 1.61. The Morgan fingerprint density at radius 3 is 3.00 bits per heavy atom. The molecule has 3 rings (SSSR count). The summed E-state index contributed by atoms with van der Waals surface area (Å²) in [4.78, 5) is 11.0. The fourth-order valence-corrected chi connectivity index (χ4v) is 2.48. The molecule has 1 aromatic heterocycles. The van der Waals surface area contributed by atoms with Crippen LogP contribution >= 0.6 is 0 Å². The Hall–Kier alpha value is -2.14. The molecule has 1 aliphatic rings. The second-order valence-electron chi connectivity index (χ2n) is 4.78. The molecule has 0 bridgehead atoms. The van der Waals surface area contributed by atoms with Crippen LogP contribution in [0, 0.1) is 5.92 Å². The first-order valence-electron chi connectivity index (χ1n) is 6.30. The lowest BCUT2D eigenvalue weighted by Gasteiger charge is -2.12. The molecule has 2 N–H and O–H groups in total. The van der Waals surface area contributed by atoms with Crippen LogP contribution in [0.1, 0.15) is 18.0 Å². The summed E-state index contributed by atoms with van der Waals surface area (Å²) >= 11 is 0. The van der Waals surface area contributed by atoms with E-state index in [1.54, 1.807) is 10.9 Å². The molecule has 19 heavy (non-hydrogen) atoms. The van der Waals surface area contributed by atoms with Gasteiger partial charge in [0.25, 0.3) is 0 Å². The second-order valence-corrected chi connectivity index (χ2v) is 4.78. The van der Waals surface area contributed by atoms with Crippen LogP contribution in [0.25, 0.3) is 5.69 Å². The molecule has 0 amide bonds. The molecule has 5 heteroatoms. The summed E-state index contributed by atoms with van der Waals surface area (Å²) in [6.45, 7) is 0.534. The molecule has 1 aliphatic heterocycles. The highest BCUT2D eigenvalue weighted by Gasteiger charge is 2.30. The zero-order chi connectivity index (χ0) is 13.2. The third-order valence-corrected chi connectivity index (χ3v) is 3.52. The largest absolute Gasteiger partial charge is 0.481 e.